The molecule has 5 nitrogen and oxygen atoms in total. The molecule has 62 valence electrons. The highest BCUT2D eigenvalue weighted by Gasteiger charge is 2.17. The molecule has 0 aliphatic rings. The van der Waals surface area contributed by atoms with Gasteiger partial charge in [-0.3, -0.25) is 5.10 Å². The van der Waals surface area contributed by atoms with Gasteiger partial charge >= 0.3 is 0 Å². The molecule has 0 aliphatic carbocycles. The number of sulfonamides is 1. The van der Waals surface area contributed by atoms with E-state index in [9.17, 15) is 8.42 Å². The number of aromatic amines is 1. The van der Waals surface area contributed by atoms with Gasteiger partial charge in [-0.05, 0) is 6.07 Å². The minimum absolute atomic E-state index is 0.113. The van der Waals surface area contributed by atoms with Crippen LogP contribution in [0.1, 0.15) is 0 Å². The number of aromatic nitrogens is 2. The molecule has 0 saturated carbocycles. The minimum atomic E-state index is -3.32. The quantitative estimate of drug-likeness (QED) is 0.668. The molecule has 0 atom stereocenters. The molecule has 0 saturated heterocycles. The van der Waals surface area contributed by atoms with Crippen LogP contribution in [0, 0.1) is 0 Å². The highest BCUT2D eigenvalue weighted by atomic mass is 32.2. The van der Waals surface area contributed by atoms with Crippen molar-refractivity contribution in [2.24, 2.45) is 0 Å². The second-order valence-corrected chi connectivity index (χ2v) is 4.33. The number of hydrogen-bond acceptors (Lipinski definition) is 3. The minimum Gasteiger partial charge on any atom is -0.266 e. The van der Waals surface area contributed by atoms with Crippen molar-refractivity contribution in [3.05, 3.63) is 12.3 Å². The van der Waals surface area contributed by atoms with Gasteiger partial charge in [0.25, 0.3) is 10.0 Å². The molecule has 0 spiro atoms. The van der Waals surface area contributed by atoms with E-state index in [0.29, 0.717) is 0 Å². The van der Waals surface area contributed by atoms with Crippen LogP contribution >= 0.6 is 0 Å². The molecule has 11 heavy (non-hydrogen) atoms. The third-order valence-electron chi connectivity index (χ3n) is 1.23. The van der Waals surface area contributed by atoms with Crippen molar-refractivity contribution in [1.29, 1.82) is 0 Å². The predicted molar refractivity (Wildman–Crippen MR) is 39.5 cm³/mol. The van der Waals surface area contributed by atoms with Gasteiger partial charge in [0.15, 0.2) is 5.03 Å². The summed E-state index contributed by atoms with van der Waals surface area (Å²) in [6.45, 7) is 0. The highest BCUT2D eigenvalue weighted by molar-refractivity contribution is 7.89. The predicted octanol–water partition coefficient (Wildman–Crippen LogP) is -0.340. The van der Waals surface area contributed by atoms with E-state index in [0.717, 1.165) is 4.31 Å². The van der Waals surface area contributed by atoms with Gasteiger partial charge in [0, 0.05) is 14.1 Å². The highest BCUT2D eigenvalue weighted by Crippen LogP contribution is 2.06. The summed E-state index contributed by atoms with van der Waals surface area (Å²) >= 11 is 0. The molecular formula is C5H9N3O2S. The molecule has 0 amide bonds. The first kappa shape index (κ1) is 8.22. The Kier molecular flexibility index (Phi) is 1.97. The van der Waals surface area contributed by atoms with Crippen molar-refractivity contribution >= 4 is 10.0 Å². The van der Waals surface area contributed by atoms with Gasteiger partial charge < -0.3 is 0 Å². The maximum Gasteiger partial charge on any atom is 0.259 e. The number of rotatable bonds is 2. The Morgan fingerprint density at radius 1 is 1.55 bits per heavy atom. The zero-order chi connectivity index (χ0) is 8.48. The summed E-state index contributed by atoms with van der Waals surface area (Å²) in [5.74, 6) is 0. The molecule has 1 aromatic heterocycles. The van der Waals surface area contributed by atoms with E-state index in [1.807, 2.05) is 0 Å². The van der Waals surface area contributed by atoms with E-state index in [1.165, 1.54) is 26.4 Å². The van der Waals surface area contributed by atoms with Crippen LogP contribution in [0.4, 0.5) is 0 Å². The molecule has 0 unspecified atom stereocenters. The fourth-order valence-electron chi connectivity index (χ4n) is 0.583. The molecule has 1 heterocycles. The van der Waals surface area contributed by atoms with Gasteiger partial charge in [-0.1, -0.05) is 0 Å². The molecule has 1 rings (SSSR count). The Bertz CT molecular complexity index is 314. The van der Waals surface area contributed by atoms with Crippen LogP contribution in [-0.2, 0) is 10.0 Å². The fraction of sp³-hybridized carbons (Fsp3) is 0.400. The summed E-state index contributed by atoms with van der Waals surface area (Å²) in [5, 5.41) is 6.03. The van der Waals surface area contributed by atoms with Crippen LogP contribution in [-0.4, -0.2) is 37.0 Å². The average Bonchev–Trinajstić information content (AvgIpc) is 2.37. The van der Waals surface area contributed by atoms with Gasteiger partial charge in [0.1, 0.15) is 0 Å². The fourth-order valence-corrected chi connectivity index (χ4v) is 1.38. The number of nitrogens with one attached hydrogen (secondary N) is 1. The van der Waals surface area contributed by atoms with Gasteiger partial charge in [0.05, 0.1) is 6.20 Å². The number of H-pyrrole nitrogens is 1. The van der Waals surface area contributed by atoms with Crippen molar-refractivity contribution in [2.75, 3.05) is 14.1 Å². The summed E-state index contributed by atoms with van der Waals surface area (Å²) in [6, 6.07) is 1.41. The largest absolute Gasteiger partial charge is 0.266 e. The van der Waals surface area contributed by atoms with Crippen molar-refractivity contribution in [3.8, 4) is 0 Å². The Labute approximate surface area is 65.1 Å². The molecule has 0 aliphatic heterocycles. The lowest BCUT2D eigenvalue weighted by molar-refractivity contribution is 0.516. The van der Waals surface area contributed by atoms with Crippen molar-refractivity contribution in [1.82, 2.24) is 14.5 Å². The van der Waals surface area contributed by atoms with E-state index in [1.54, 1.807) is 0 Å². The normalized spacial score (nSPS) is 12.3. The van der Waals surface area contributed by atoms with Gasteiger partial charge in [-0.25, -0.2) is 12.7 Å². The summed E-state index contributed by atoms with van der Waals surface area (Å²) in [6.07, 6.45) is 1.40. The zero-order valence-corrected chi connectivity index (χ0v) is 7.09. The standard InChI is InChI=1S/C5H9N3O2S/c1-8(2)11(9,10)5-3-4-6-7-5/h3-4H,1-2H3,(H,6,7). The number of nitrogens with zero attached hydrogens (tertiary/aromatic N) is 2. The first-order chi connectivity index (χ1) is 5.05. The molecule has 0 fully saturated rings. The van der Waals surface area contributed by atoms with Gasteiger partial charge in [0.2, 0.25) is 0 Å². The topological polar surface area (TPSA) is 66.1 Å². The first-order valence-corrected chi connectivity index (χ1v) is 4.41. The van der Waals surface area contributed by atoms with Gasteiger partial charge in [-0.2, -0.15) is 5.10 Å². The zero-order valence-electron chi connectivity index (χ0n) is 6.27. The van der Waals surface area contributed by atoms with E-state index < -0.39 is 10.0 Å². The summed E-state index contributed by atoms with van der Waals surface area (Å²) in [4.78, 5) is 0. The molecule has 1 aromatic rings. The van der Waals surface area contributed by atoms with Crippen LogP contribution in [0.15, 0.2) is 17.3 Å². The number of hydrogen-bond donors (Lipinski definition) is 1. The van der Waals surface area contributed by atoms with Gasteiger partial charge in [-0.15, -0.1) is 0 Å². The lowest BCUT2D eigenvalue weighted by Crippen LogP contribution is -2.22. The van der Waals surface area contributed by atoms with Crippen LogP contribution in [0.2, 0.25) is 0 Å². The lowest BCUT2D eigenvalue weighted by Gasteiger charge is -2.07. The van der Waals surface area contributed by atoms with Crippen LogP contribution in [0.5, 0.6) is 0 Å². The summed E-state index contributed by atoms with van der Waals surface area (Å²) in [7, 11) is -0.381. The monoisotopic (exact) mass is 175 g/mol. The lowest BCUT2D eigenvalue weighted by atomic mass is 10.8. The van der Waals surface area contributed by atoms with Crippen LogP contribution < -0.4 is 0 Å². The Balaban J connectivity index is 3.12. The second-order valence-electron chi connectivity index (χ2n) is 2.21. The molecular weight excluding hydrogens is 166 g/mol. The van der Waals surface area contributed by atoms with Crippen LogP contribution in [0.25, 0.3) is 0 Å². The average molecular weight is 175 g/mol. The summed E-state index contributed by atoms with van der Waals surface area (Å²) < 4.78 is 23.6. The van der Waals surface area contributed by atoms with Crippen LogP contribution in [0.3, 0.4) is 0 Å². The Morgan fingerprint density at radius 2 is 2.18 bits per heavy atom. The summed E-state index contributed by atoms with van der Waals surface area (Å²) in [5.41, 5.74) is 0. The third kappa shape index (κ3) is 1.41. The smallest absolute Gasteiger partial charge is 0.259 e. The first-order valence-electron chi connectivity index (χ1n) is 2.97. The molecule has 6 heteroatoms. The maximum atomic E-state index is 11.2. The van der Waals surface area contributed by atoms with E-state index >= 15 is 0 Å². The van der Waals surface area contributed by atoms with E-state index in [4.69, 9.17) is 0 Å². The van der Waals surface area contributed by atoms with E-state index in [2.05, 4.69) is 10.2 Å². The molecule has 1 N–H and O–H groups in total. The Hall–Kier alpha value is -0.880. The Morgan fingerprint density at radius 3 is 2.55 bits per heavy atom. The van der Waals surface area contributed by atoms with Crippen molar-refractivity contribution in [3.63, 3.8) is 0 Å². The van der Waals surface area contributed by atoms with Crippen molar-refractivity contribution < 1.29 is 8.42 Å². The molecule has 0 radical (unpaired) electrons. The molecule has 0 bridgehead atoms. The second kappa shape index (κ2) is 2.63. The molecule has 0 aromatic carbocycles. The maximum absolute atomic E-state index is 11.2. The van der Waals surface area contributed by atoms with E-state index in [-0.39, 0.29) is 5.03 Å². The third-order valence-corrected chi connectivity index (χ3v) is 2.98. The SMILES string of the molecule is CN(C)S(=O)(=O)c1ccn[nH]1. The van der Waals surface area contributed by atoms with Crippen molar-refractivity contribution in [2.45, 2.75) is 5.03 Å².